The van der Waals surface area contributed by atoms with E-state index in [9.17, 15) is 0 Å². The number of halogens is 1. The first-order chi connectivity index (χ1) is 8.66. The van der Waals surface area contributed by atoms with Gasteiger partial charge in [0, 0.05) is 16.6 Å². The monoisotopic (exact) mass is 310 g/mol. The zero-order valence-corrected chi connectivity index (χ0v) is 12.9. The highest BCUT2D eigenvalue weighted by molar-refractivity contribution is 9.10. The summed E-state index contributed by atoms with van der Waals surface area (Å²) in [4.78, 5) is 2.33. The Morgan fingerprint density at radius 3 is 2.56 bits per heavy atom. The molecule has 0 bridgehead atoms. The van der Waals surface area contributed by atoms with E-state index in [0.717, 1.165) is 4.47 Å². The summed E-state index contributed by atoms with van der Waals surface area (Å²) in [5.74, 6) is 0. The van der Waals surface area contributed by atoms with Crippen LogP contribution in [-0.4, -0.2) is 31.6 Å². The minimum atomic E-state index is 0.508. The summed E-state index contributed by atoms with van der Waals surface area (Å²) < 4.78 is 1.15. The van der Waals surface area contributed by atoms with Crippen LogP contribution in [0.25, 0.3) is 0 Å². The first-order valence-corrected chi connectivity index (χ1v) is 7.61. The van der Waals surface area contributed by atoms with Gasteiger partial charge in [-0.3, -0.25) is 0 Å². The van der Waals surface area contributed by atoms with E-state index < -0.39 is 0 Å². The van der Waals surface area contributed by atoms with Gasteiger partial charge in [0.1, 0.15) is 0 Å². The third kappa shape index (κ3) is 3.81. The fourth-order valence-electron chi connectivity index (χ4n) is 2.72. The van der Waals surface area contributed by atoms with Crippen LogP contribution in [0, 0.1) is 0 Å². The molecule has 100 valence electrons. The maximum atomic E-state index is 3.65. The van der Waals surface area contributed by atoms with Gasteiger partial charge in [-0.05, 0) is 57.6 Å². The molecule has 0 amide bonds. The van der Waals surface area contributed by atoms with Gasteiger partial charge >= 0.3 is 0 Å². The van der Waals surface area contributed by atoms with E-state index >= 15 is 0 Å². The fraction of sp³-hybridized carbons (Fsp3) is 0.600. The number of nitrogens with zero attached hydrogens (tertiary/aromatic N) is 1. The van der Waals surface area contributed by atoms with Gasteiger partial charge < -0.3 is 10.2 Å². The molecule has 0 aromatic heterocycles. The van der Waals surface area contributed by atoms with Crippen molar-refractivity contribution in [1.29, 1.82) is 0 Å². The molecule has 0 radical (unpaired) electrons. The van der Waals surface area contributed by atoms with E-state index in [1.54, 1.807) is 0 Å². The smallest absolute Gasteiger partial charge is 0.0356 e. The Hall–Kier alpha value is -0.380. The molecule has 2 rings (SSSR count). The van der Waals surface area contributed by atoms with Crippen molar-refractivity contribution in [2.45, 2.75) is 37.8 Å². The van der Waals surface area contributed by atoms with E-state index in [-0.39, 0.29) is 0 Å². The molecule has 1 heterocycles. The maximum absolute atomic E-state index is 3.65. The van der Waals surface area contributed by atoms with Gasteiger partial charge in [0.25, 0.3) is 0 Å². The number of nitrogens with one attached hydrogen (secondary N) is 1. The van der Waals surface area contributed by atoms with Crippen LogP contribution in [0.3, 0.4) is 0 Å². The Morgan fingerprint density at radius 2 is 2.00 bits per heavy atom. The molecule has 1 saturated heterocycles. The molecule has 0 saturated carbocycles. The summed E-state index contributed by atoms with van der Waals surface area (Å²) in [6, 6.07) is 9.93. The van der Waals surface area contributed by atoms with E-state index in [2.05, 4.69) is 64.5 Å². The average Bonchev–Trinajstić information content (AvgIpc) is 2.38. The quantitative estimate of drug-likeness (QED) is 0.914. The number of piperidine rings is 1. The van der Waals surface area contributed by atoms with Gasteiger partial charge in [-0.2, -0.15) is 0 Å². The molecule has 1 aliphatic rings. The third-order valence-corrected chi connectivity index (χ3v) is 4.33. The van der Waals surface area contributed by atoms with E-state index in [1.807, 2.05) is 0 Å². The van der Waals surface area contributed by atoms with Crippen LogP contribution >= 0.6 is 15.9 Å². The molecule has 0 aliphatic carbocycles. The number of hydrogen-bond donors (Lipinski definition) is 1. The third-order valence-electron chi connectivity index (χ3n) is 3.80. The van der Waals surface area contributed by atoms with Gasteiger partial charge in [0.05, 0.1) is 0 Å². The molecule has 2 unspecified atom stereocenters. The van der Waals surface area contributed by atoms with E-state index in [1.165, 1.54) is 37.8 Å². The average molecular weight is 311 g/mol. The van der Waals surface area contributed by atoms with Crippen LogP contribution in [0.4, 0.5) is 0 Å². The molecule has 1 aromatic rings. The lowest BCUT2D eigenvalue weighted by atomic mass is 9.93. The SMILES string of the molecule is CN(C)C(CC1CCCCN1)c1ccc(Br)cc1. The number of benzene rings is 1. The van der Waals surface area contributed by atoms with Crippen LogP contribution in [-0.2, 0) is 0 Å². The summed E-state index contributed by atoms with van der Waals surface area (Å²) in [5.41, 5.74) is 1.41. The lowest BCUT2D eigenvalue weighted by molar-refractivity contribution is 0.240. The van der Waals surface area contributed by atoms with Crippen molar-refractivity contribution in [3.63, 3.8) is 0 Å². The van der Waals surface area contributed by atoms with Gasteiger partial charge in [0.2, 0.25) is 0 Å². The normalized spacial score (nSPS) is 22.1. The number of rotatable bonds is 4. The molecule has 1 fully saturated rings. The molecule has 18 heavy (non-hydrogen) atoms. The maximum Gasteiger partial charge on any atom is 0.0356 e. The van der Waals surface area contributed by atoms with Crippen LogP contribution in [0.15, 0.2) is 28.7 Å². The van der Waals surface area contributed by atoms with Gasteiger partial charge in [0.15, 0.2) is 0 Å². The summed E-state index contributed by atoms with van der Waals surface area (Å²) in [6.07, 6.45) is 5.23. The minimum Gasteiger partial charge on any atom is -0.314 e. The molecule has 1 aliphatic heterocycles. The highest BCUT2D eigenvalue weighted by atomic mass is 79.9. The Balaban J connectivity index is 2.05. The van der Waals surface area contributed by atoms with Crippen LogP contribution in [0.1, 0.15) is 37.3 Å². The predicted molar refractivity (Wildman–Crippen MR) is 80.8 cm³/mol. The summed E-state index contributed by atoms with van der Waals surface area (Å²) in [7, 11) is 4.35. The largest absolute Gasteiger partial charge is 0.314 e. The van der Waals surface area contributed by atoms with Crippen molar-refractivity contribution in [2.75, 3.05) is 20.6 Å². The lowest BCUT2D eigenvalue weighted by Gasteiger charge is -2.31. The summed E-state index contributed by atoms with van der Waals surface area (Å²) in [6.45, 7) is 1.19. The van der Waals surface area contributed by atoms with Crippen molar-refractivity contribution >= 4 is 15.9 Å². The molecule has 1 N–H and O–H groups in total. The highest BCUT2D eigenvalue weighted by Crippen LogP contribution is 2.27. The van der Waals surface area contributed by atoms with Crippen LogP contribution in [0.2, 0.25) is 0 Å². The van der Waals surface area contributed by atoms with E-state index in [4.69, 9.17) is 0 Å². The summed E-state index contributed by atoms with van der Waals surface area (Å²) >= 11 is 3.50. The Labute approximate surface area is 119 Å². The zero-order valence-electron chi connectivity index (χ0n) is 11.3. The van der Waals surface area contributed by atoms with Crippen molar-refractivity contribution in [2.24, 2.45) is 0 Å². The second kappa shape index (κ2) is 6.69. The van der Waals surface area contributed by atoms with Crippen molar-refractivity contribution in [1.82, 2.24) is 10.2 Å². The Kier molecular flexibility index (Phi) is 5.22. The minimum absolute atomic E-state index is 0.508. The molecule has 0 spiro atoms. The van der Waals surface area contributed by atoms with Crippen LogP contribution in [0.5, 0.6) is 0 Å². The first kappa shape index (κ1) is 14.0. The molecule has 2 nitrogen and oxygen atoms in total. The summed E-state index contributed by atoms with van der Waals surface area (Å²) in [5, 5.41) is 3.65. The van der Waals surface area contributed by atoms with Crippen molar-refractivity contribution in [3.05, 3.63) is 34.3 Å². The first-order valence-electron chi connectivity index (χ1n) is 6.82. The molecule has 3 heteroatoms. The fourth-order valence-corrected chi connectivity index (χ4v) is 2.99. The standard InChI is InChI=1S/C15H23BrN2/c1-18(2)15(11-14-5-3-4-10-17-14)12-6-8-13(16)9-7-12/h6-9,14-15,17H,3-5,10-11H2,1-2H3. The predicted octanol–water partition coefficient (Wildman–Crippen LogP) is 3.58. The lowest BCUT2D eigenvalue weighted by Crippen LogP contribution is -2.37. The second-order valence-electron chi connectivity index (χ2n) is 5.41. The Morgan fingerprint density at radius 1 is 1.28 bits per heavy atom. The van der Waals surface area contributed by atoms with Crippen LogP contribution < -0.4 is 5.32 Å². The molecular weight excluding hydrogens is 288 g/mol. The molecular formula is C15H23BrN2. The topological polar surface area (TPSA) is 15.3 Å². The van der Waals surface area contributed by atoms with Crippen molar-refractivity contribution in [3.8, 4) is 0 Å². The van der Waals surface area contributed by atoms with Gasteiger partial charge in [-0.15, -0.1) is 0 Å². The van der Waals surface area contributed by atoms with E-state index in [0.29, 0.717) is 12.1 Å². The molecule has 2 atom stereocenters. The highest BCUT2D eigenvalue weighted by Gasteiger charge is 2.21. The molecule has 1 aromatic carbocycles. The second-order valence-corrected chi connectivity index (χ2v) is 6.33. The van der Waals surface area contributed by atoms with Crippen molar-refractivity contribution < 1.29 is 0 Å². The Bertz CT molecular complexity index is 355. The zero-order chi connectivity index (χ0) is 13.0. The number of hydrogen-bond acceptors (Lipinski definition) is 2. The van der Waals surface area contributed by atoms with Gasteiger partial charge in [-0.25, -0.2) is 0 Å². The van der Waals surface area contributed by atoms with Gasteiger partial charge in [-0.1, -0.05) is 34.5 Å².